The summed E-state index contributed by atoms with van der Waals surface area (Å²) < 4.78 is 25.1. The van der Waals surface area contributed by atoms with E-state index in [9.17, 15) is 14.0 Å². The monoisotopic (exact) mass is 471 g/mol. The Morgan fingerprint density at radius 3 is 2.51 bits per heavy atom. The zero-order chi connectivity index (χ0) is 24.4. The van der Waals surface area contributed by atoms with Gasteiger partial charge in [0.25, 0.3) is 5.91 Å². The fraction of sp³-hybridized carbons (Fsp3) is 0.241. The molecule has 178 valence electrons. The van der Waals surface area contributed by atoms with Crippen LogP contribution in [0.15, 0.2) is 71.1 Å². The summed E-state index contributed by atoms with van der Waals surface area (Å²) in [5, 5.41) is 3.32. The molecule has 0 bridgehead atoms. The van der Waals surface area contributed by atoms with Crippen molar-refractivity contribution in [3.8, 4) is 22.5 Å². The molecule has 1 unspecified atom stereocenters. The molecule has 3 aromatic carbocycles. The molecular formula is C29H26FNO4. The number of carbonyl (C=O) groups is 2. The molecule has 2 heterocycles. The van der Waals surface area contributed by atoms with E-state index >= 15 is 0 Å². The van der Waals surface area contributed by atoms with E-state index in [0.29, 0.717) is 39.8 Å². The Bertz CT molecular complexity index is 1380. The van der Waals surface area contributed by atoms with Crippen LogP contribution in [0.1, 0.15) is 46.4 Å². The third-order valence-corrected chi connectivity index (χ3v) is 6.48. The maximum absolute atomic E-state index is 13.4. The number of carbonyl (C=O) groups excluding carboxylic acids is 2. The van der Waals surface area contributed by atoms with Crippen LogP contribution in [0.5, 0.6) is 0 Å². The second-order valence-electron chi connectivity index (χ2n) is 8.78. The normalized spacial score (nSPS) is 15.4. The Hall–Kier alpha value is -3.77. The summed E-state index contributed by atoms with van der Waals surface area (Å²) in [7, 11) is 1.56. The fourth-order valence-electron chi connectivity index (χ4n) is 4.61. The lowest BCUT2D eigenvalue weighted by Gasteiger charge is -2.09. The molecule has 0 radical (unpaired) electrons. The first-order chi connectivity index (χ1) is 17.0. The molecule has 1 fully saturated rings. The van der Waals surface area contributed by atoms with E-state index in [1.165, 1.54) is 12.1 Å². The average molecular weight is 472 g/mol. The van der Waals surface area contributed by atoms with E-state index in [-0.39, 0.29) is 23.6 Å². The minimum Gasteiger partial charge on any atom is -0.455 e. The van der Waals surface area contributed by atoms with Crippen LogP contribution in [-0.2, 0) is 4.74 Å². The van der Waals surface area contributed by atoms with Crippen LogP contribution < -0.4 is 5.32 Å². The largest absolute Gasteiger partial charge is 0.455 e. The predicted octanol–water partition coefficient (Wildman–Crippen LogP) is 6.41. The summed E-state index contributed by atoms with van der Waals surface area (Å²) in [6, 6.07) is 19.0. The molecule has 1 amide bonds. The van der Waals surface area contributed by atoms with Crippen molar-refractivity contribution in [3.05, 3.63) is 83.7 Å². The van der Waals surface area contributed by atoms with Gasteiger partial charge in [0.1, 0.15) is 17.2 Å². The molecule has 35 heavy (non-hydrogen) atoms. The lowest BCUT2D eigenvalue weighted by molar-refractivity contribution is 0.0859. The van der Waals surface area contributed by atoms with Gasteiger partial charge in [0, 0.05) is 36.6 Å². The molecule has 1 atom stereocenters. The number of ketones is 1. The minimum absolute atomic E-state index is 0.0939. The zero-order valence-corrected chi connectivity index (χ0v) is 19.5. The highest BCUT2D eigenvalue weighted by atomic mass is 19.1. The Balaban J connectivity index is 1.49. The lowest BCUT2D eigenvalue weighted by atomic mass is 9.97. The number of amides is 1. The number of benzene rings is 3. The lowest BCUT2D eigenvalue weighted by Crippen LogP contribution is -2.18. The highest BCUT2D eigenvalue weighted by molar-refractivity contribution is 6.11. The van der Waals surface area contributed by atoms with Crippen LogP contribution in [0.3, 0.4) is 0 Å². The van der Waals surface area contributed by atoms with Crippen LogP contribution in [0, 0.1) is 5.82 Å². The third kappa shape index (κ3) is 4.75. The highest BCUT2D eigenvalue weighted by Crippen LogP contribution is 2.36. The van der Waals surface area contributed by atoms with E-state index in [0.717, 1.165) is 37.0 Å². The average Bonchev–Trinajstić information content (AvgIpc) is 3.55. The van der Waals surface area contributed by atoms with Crippen molar-refractivity contribution in [1.29, 1.82) is 0 Å². The Morgan fingerprint density at radius 1 is 1.00 bits per heavy atom. The Morgan fingerprint density at radius 2 is 1.77 bits per heavy atom. The standard InChI is InChI=1S/C29H26FNO4/c1-31-29(33)27-24-17-20(9-14-26(24)35-28(27)18-7-10-22(30)11-8-18)19-4-2-5-21(16-19)25(32)13-12-23-6-3-15-34-23/h2,4-5,7-11,14,16-17,23H,3,6,12-13,15H2,1H3,(H,31,33). The summed E-state index contributed by atoms with van der Waals surface area (Å²) in [5.74, 6) is -0.178. The van der Waals surface area contributed by atoms with Crippen molar-refractivity contribution in [2.75, 3.05) is 13.7 Å². The van der Waals surface area contributed by atoms with Crippen molar-refractivity contribution >= 4 is 22.7 Å². The molecule has 1 aliphatic rings. The number of nitrogens with one attached hydrogen (secondary N) is 1. The van der Waals surface area contributed by atoms with Crippen LogP contribution in [0.25, 0.3) is 33.4 Å². The number of rotatable bonds is 7. The van der Waals surface area contributed by atoms with Crippen LogP contribution in [0.2, 0.25) is 0 Å². The summed E-state index contributed by atoms with van der Waals surface area (Å²) in [5.41, 5.74) is 3.95. The van der Waals surface area contributed by atoms with Gasteiger partial charge in [-0.1, -0.05) is 24.3 Å². The van der Waals surface area contributed by atoms with Gasteiger partial charge < -0.3 is 14.5 Å². The van der Waals surface area contributed by atoms with Crippen molar-refractivity contribution in [1.82, 2.24) is 5.32 Å². The van der Waals surface area contributed by atoms with Crippen molar-refractivity contribution in [3.63, 3.8) is 0 Å². The van der Waals surface area contributed by atoms with Gasteiger partial charge in [0.05, 0.1) is 11.7 Å². The molecule has 0 spiro atoms. The van der Waals surface area contributed by atoms with Gasteiger partial charge in [0.15, 0.2) is 5.78 Å². The second kappa shape index (κ2) is 9.84. The van der Waals surface area contributed by atoms with E-state index in [2.05, 4.69) is 5.32 Å². The maximum atomic E-state index is 13.4. The smallest absolute Gasteiger partial charge is 0.255 e. The number of Topliss-reactive ketones (excluding diaryl/α,β-unsaturated/α-hetero) is 1. The van der Waals surface area contributed by atoms with Gasteiger partial charge in [-0.25, -0.2) is 4.39 Å². The third-order valence-electron chi connectivity index (χ3n) is 6.48. The molecule has 5 nitrogen and oxygen atoms in total. The summed E-state index contributed by atoms with van der Waals surface area (Å²) in [6.07, 6.45) is 3.46. The molecule has 1 aliphatic heterocycles. The number of ether oxygens (including phenoxy) is 1. The van der Waals surface area contributed by atoms with E-state index in [1.54, 1.807) is 19.2 Å². The van der Waals surface area contributed by atoms with Crippen LogP contribution >= 0.6 is 0 Å². The Labute approximate surface area is 202 Å². The van der Waals surface area contributed by atoms with Gasteiger partial charge in [0.2, 0.25) is 0 Å². The maximum Gasteiger partial charge on any atom is 0.255 e. The minimum atomic E-state index is -0.362. The molecule has 1 N–H and O–H groups in total. The topological polar surface area (TPSA) is 68.5 Å². The molecule has 1 aromatic heterocycles. The molecule has 5 rings (SSSR count). The van der Waals surface area contributed by atoms with Crippen molar-refractivity contribution in [2.45, 2.75) is 31.8 Å². The summed E-state index contributed by atoms with van der Waals surface area (Å²) >= 11 is 0. The molecule has 0 saturated carbocycles. The highest BCUT2D eigenvalue weighted by Gasteiger charge is 2.22. The number of halogens is 1. The van der Waals surface area contributed by atoms with Gasteiger partial charge in [-0.3, -0.25) is 9.59 Å². The number of fused-ring (bicyclic) bond motifs is 1. The van der Waals surface area contributed by atoms with Gasteiger partial charge >= 0.3 is 0 Å². The van der Waals surface area contributed by atoms with E-state index in [1.807, 2.05) is 42.5 Å². The number of hydrogen-bond acceptors (Lipinski definition) is 4. The molecular weight excluding hydrogens is 445 g/mol. The van der Waals surface area contributed by atoms with Crippen LogP contribution in [-0.4, -0.2) is 31.4 Å². The Kier molecular flexibility index (Phi) is 6.47. The number of hydrogen-bond donors (Lipinski definition) is 1. The van der Waals surface area contributed by atoms with Gasteiger partial charge in [-0.2, -0.15) is 0 Å². The summed E-state index contributed by atoms with van der Waals surface area (Å²) in [4.78, 5) is 25.6. The van der Waals surface area contributed by atoms with Crippen molar-refractivity contribution < 1.29 is 23.1 Å². The van der Waals surface area contributed by atoms with Crippen molar-refractivity contribution in [2.24, 2.45) is 0 Å². The first-order valence-corrected chi connectivity index (χ1v) is 11.8. The molecule has 0 aliphatic carbocycles. The van der Waals surface area contributed by atoms with Gasteiger partial charge in [-0.15, -0.1) is 0 Å². The summed E-state index contributed by atoms with van der Waals surface area (Å²) in [6.45, 7) is 0.783. The first kappa shape index (κ1) is 23.0. The van der Waals surface area contributed by atoms with Crippen LogP contribution in [0.4, 0.5) is 4.39 Å². The second-order valence-corrected chi connectivity index (χ2v) is 8.78. The number of furan rings is 1. The van der Waals surface area contributed by atoms with E-state index < -0.39 is 0 Å². The van der Waals surface area contributed by atoms with E-state index in [4.69, 9.17) is 9.15 Å². The fourth-order valence-corrected chi connectivity index (χ4v) is 4.61. The predicted molar refractivity (Wildman–Crippen MR) is 133 cm³/mol. The quantitative estimate of drug-likeness (QED) is 0.316. The molecule has 4 aromatic rings. The zero-order valence-electron chi connectivity index (χ0n) is 19.5. The van der Waals surface area contributed by atoms with Gasteiger partial charge in [-0.05, 0) is 72.9 Å². The first-order valence-electron chi connectivity index (χ1n) is 11.8. The SMILES string of the molecule is CNC(=O)c1c(-c2ccc(F)cc2)oc2ccc(-c3cccc(C(=O)CCC4CCCO4)c3)cc12. The molecule has 1 saturated heterocycles. The molecule has 6 heteroatoms.